The number of anilines is 1. The average molecular weight is 124 g/mol. The van der Waals surface area contributed by atoms with Crippen molar-refractivity contribution in [1.82, 2.24) is 4.98 Å². The van der Waals surface area contributed by atoms with Gasteiger partial charge in [0, 0.05) is 10.5 Å². The van der Waals surface area contributed by atoms with E-state index in [4.69, 9.17) is 13.6 Å². The molecular weight excluding hydrogens is 119 g/mol. The predicted octanol–water partition coefficient (Wildman–Crippen LogP) is -0.172. The fourth-order valence-electron chi connectivity index (χ4n) is 0.429. The Morgan fingerprint density at radius 1 is 1.75 bits per heavy atom. The predicted molar refractivity (Wildman–Crippen MR) is 36.7 cm³/mol. The van der Waals surface area contributed by atoms with E-state index in [9.17, 15) is 0 Å². The number of nitrogens with zero attached hydrogens (tertiary/aromatic N) is 1. The first-order chi connectivity index (χ1) is 3.70. The van der Waals surface area contributed by atoms with E-state index >= 15 is 0 Å². The fraction of sp³-hybridized carbons (Fsp3) is 0.250. The Labute approximate surface area is 53.1 Å². The van der Waals surface area contributed by atoms with Gasteiger partial charge in [0.1, 0.15) is 7.85 Å². The van der Waals surface area contributed by atoms with Gasteiger partial charge in [-0.2, -0.15) is 0 Å². The summed E-state index contributed by atoms with van der Waals surface area (Å²) in [5, 5.41) is 0.542. The smallest absolute Gasteiger partial charge is 0.179 e. The van der Waals surface area contributed by atoms with Crippen molar-refractivity contribution in [2.24, 2.45) is 0 Å². The minimum Gasteiger partial charge on any atom is -0.375 e. The molecule has 0 amide bonds. The molecule has 1 heterocycles. The van der Waals surface area contributed by atoms with Crippen LogP contribution < -0.4 is 11.3 Å². The number of nitrogen functional groups attached to an aromatic ring is 1. The highest BCUT2D eigenvalue weighted by Gasteiger charge is 1.95. The zero-order chi connectivity index (χ0) is 6.15. The van der Waals surface area contributed by atoms with Crippen LogP contribution in [0.2, 0.25) is 0 Å². The number of thiazole rings is 1. The van der Waals surface area contributed by atoms with Crippen molar-refractivity contribution in [2.45, 2.75) is 6.92 Å². The number of aromatic nitrogens is 1. The van der Waals surface area contributed by atoms with Gasteiger partial charge < -0.3 is 5.73 Å². The van der Waals surface area contributed by atoms with E-state index in [1.807, 2.05) is 6.92 Å². The number of nitrogens with two attached hydrogens (primary N) is 1. The van der Waals surface area contributed by atoms with Crippen molar-refractivity contribution >= 4 is 29.9 Å². The van der Waals surface area contributed by atoms with E-state index in [1.165, 1.54) is 11.3 Å². The number of rotatable bonds is 0. The van der Waals surface area contributed by atoms with Crippen LogP contribution >= 0.6 is 11.3 Å². The summed E-state index contributed by atoms with van der Waals surface area (Å²) in [6, 6.07) is 0. The quantitative estimate of drug-likeness (QED) is 0.487. The second-order valence-corrected chi connectivity index (χ2v) is 2.73. The first kappa shape index (κ1) is 5.63. The zero-order valence-electron chi connectivity index (χ0n) is 4.51. The maximum Gasteiger partial charge on any atom is 0.179 e. The summed E-state index contributed by atoms with van der Waals surface area (Å²) in [5.74, 6) is 0. The van der Waals surface area contributed by atoms with Crippen molar-refractivity contribution < 1.29 is 0 Å². The third-order valence-electron chi connectivity index (χ3n) is 0.849. The van der Waals surface area contributed by atoms with E-state index in [0.717, 1.165) is 4.88 Å². The van der Waals surface area contributed by atoms with E-state index in [2.05, 4.69) is 4.98 Å². The summed E-state index contributed by atoms with van der Waals surface area (Å²) >= 11 is 1.41. The van der Waals surface area contributed by atoms with E-state index in [-0.39, 0.29) is 0 Å². The summed E-state index contributed by atoms with van der Waals surface area (Å²) in [7, 11) is 5.36. The molecule has 0 fully saturated rings. The summed E-state index contributed by atoms with van der Waals surface area (Å²) in [6.45, 7) is 1.89. The average Bonchev–Trinajstić information content (AvgIpc) is 1.85. The Hall–Kier alpha value is -0.505. The van der Waals surface area contributed by atoms with Gasteiger partial charge in [-0.25, -0.2) is 4.98 Å². The molecule has 0 aliphatic rings. The van der Waals surface area contributed by atoms with Gasteiger partial charge in [-0.3, -0.25) is 0 Å². The van der Waals surface area contributed by atoms with Crippen LogP contribution in [0.25, 0.3) is 0 Å². The lowest BCUT2D eigenvalue weighted by atomic mass is 10.0. The van der Waals surface area contributed by atoms with Crippen molar-refractivity contribution in [3.05, 3.63) is 4.88 Å². The molecule has 0 bridgehead atoms. The first-order valence-electron chi connectivity index (χ1n) is 2.18. The van der Waals surface area contributed by atoms with Gasteiger partial charge in [-0.15, -0.1) is 11.3 Å². The zero-order valence-corrected chi connectivity index (χ0v) is 5.33. The minimum atomic E-state index is 0.542. The third-order valence-corrected chi connectivity index (χ3v) is 1.66. The number of hydrogen-bond donors (Lipinski definition) is 1. The normalized spacial score (nSPS) is 9.62. The topological polar surface area (TPSA) is 38.9 Å². The van der Waals surface area contributed by atoms with E-state index in [0.29, 0.717) is 10.7 Å². The van der Waals surface area contributed by atoms with E-state index in [1.54, 1.807) is 0 Å². The maximum atomic E-state index is 5.36. The fourth-order valence-corrected chi connectivity index (χ4v) is 1.04. The molecular formula is C4H5BN2S. The summed E-state index contributed by atoms with van der Waals surface area (Å²) < 4.78 is 0. The lowest BCUT2D eigenvalue weighted by Gasteiger charge is -1.77. The molecule has 1 aromatic rings. The van der Waals surface area contributed by atoms with Gasteiger partial charge in [0.05, 0.1) is 0 Å². The molecule has 2 nitrogen and oxygen atoms in total. The van der Waals surface area contributed by atoms with Crippen molar-refractivity contribution in [3.8, 4) is 0 Å². The molecule has 0 unspecified atom stereocenters. The molecule has 0 aromatic carbocycles. The molecule has 0 saturated heterocycles. The Morgan fingerprint density at radius 3 is 2.50 bits per heavy atom. The van der Waals surface area contributed by atoms with Crippen LogP contribution in [0.15, 0.2) is 0 Å². The third kappa shape index (κ3) is 0.840. The Kier molecular flexibility index (Phi) is 1.25. The molecule has 0 aliphatic heterocycles. The minimum absolute atomic E-state index is 0.542. The Morgan fingerprint density at radius 2 is 2.38 bits per heavy atom. The van der Waals surface area contributed by atoms with Crippen LogP contribution in [-0.4, -0.2) is 12.8 Å². The second kappa shape index (κ2) is 1.78. The van der Waals surface area contributed by atoms with Gasteiger partial charge in [0.2, 0.25) is 0 Å². The molecule has 2 radical (unpaired) electrons. The second-order valence-electron chi connectivity index (χ2n) is 1.49. The molecule has 0 aliphatic carbocycles. The number of hydrogen-bond acceptors (Lipinski definition) is 3. The highest BCUT2D eigenvalue weighted by Crippen LogP contribution is 2.08. The Balaban J connectivity index is 3.14. The lowest BCUT2D eigenvalue weighted by molar-refractivity contribution is 1.46. The Bertz CT molecular complexity index is 176. The monoisotopic (exact) mass is 124 g/mol. The van der Waals surface area contributed by atoms with Crippen LogP contribution in [0.1, 0.15) is 4.88 Å². The van der Waals surface area contributed by atoms with Crippen molar-refractivity contribution in [3.63, 3.8) is 0 Å². The van der Waals surface area contributed by atoms with Gasteiger partial charge >= 0.3 is 0 Å². The van der Waals surface area contributed by atoms with E-state index < -0.39 is 0 Å². The molecule has 8 heavy (non-hydrogen) atoms. The highest BCUT2D eigenvalue weighted by atomic mass is 32.1. The molecule has 4 heteroatoms. The molecule has 0 spiro atoms. The van der Waals surface area contributed by atoms with Gasteiger partial charge in [-0.1, -0.05) is 0 Å². The first-order valence-corrected chi connectivity index (χ1v) is 3.00. The molecule has 2 N–H and O–H groups in total. The van der Waals surface area contributed by atoms with Crippen LogP contribution in [0.3, 0.4) is 0 Å². The summed E-state index contributed by atoms with van der Waals surface area (Å²) in [5.41, 5.74) is 5.86. The molecule has 0 saturated carbocycles. The van der Waals surface area contributed by atoms with Crippen LogP contribution in [0.5, 0.6) is 0 Å². The standard InChI is InChI=1S/C4H5BN2S/c1-2-3(5)7-4(6)8-2/h1H3,(H2,6,7). The van der Waals surface area contributed by atoms with Gasteiger partial charge in [-0.05, 0) is 6.92 Å². The summed E-state index contributed by atoms with van der Waals surface area (Å²) in [6.07, 6.45) is 0. The largest absolute Gasteiger partial charge is 0.375 e. The van der Waals surface area contributed by atoms with Crippen molar-refractivity contribution in [2.75, 3.05) is 5.73 Å². The van der Waals surface area contributed by atoms with Crippen LogP contribution in [-0.2, 0) is 0 Å². The summed E-state index contributed by atoms with van der Waals surface area (Å²) in [4.78, 5) is 4.77. The molecule has 0 atom stereocenters. The lowest BCUT2D eigenvalue weighted by Crippen LogP contribution is -2.05. The highest BCUT2D eigenvalue weighted by molar-refractivity contribution is 7.16. The van der Waals surface area contributed by atoms with Gasteiger partial charge in [0.15, 0.2) is 5.13 Å². The molecule has 1 aromatic heterocycles. The number of aryl methyl sites for hydroxylation is 1. The SMILES string of the molecule is [B]c1nc(N)sc1C. The van der Waals surface area contributed by atoms with Crippen LogP contribution in [0, 0.1) is 6.92 Å². The van der Waals surface area contributed by atoms with Crippen molar-refractivity contribution in [1.29, 1.82) is 0 Å². The van der Waals surface area contributed by atoms with Gasteiger partial charge in [0.25, 0.3) is 0 Å². The molecule has 40 valence electrons. The maximum absolute atomic E-state index is 5.36. The van der Waals surface area contributed by atoms with Crippen LogP contribution in [0.4, 0.5) is 5.13 Å². The molecule has 1 rings (SSSR count).